The molecule has 3 nitrogen and oxygen atoms in total. The minimum Gasteiger partial charge on any atom is -0.317 e. The molecule has 1 N–H and O–H groups in total. The number of aromatic nitrogens is 2. The normalized spacial score (nSPS) is 10.9. The van der Waals surface area contributed by atoms with E-state index in [9.17, 15) is 0 Å². The lowest BCUT2D eigenvalue weighted by molar-refractivity contribution is 0.669. The molecular weight excluding hydrogens is 313 g/mol. The van der Waals surface area contributed by atoms with Crippen molar-refractivity contribution in [2.45, 2.75) is 26.2 Å². The Kier molecular flexibility index (Phi) is 6.23. The number of hydrogen-bond acceptors (Lipinski definition) is 4. The zero-order valence-corrected chi connectivity index (χ0v) is 13.7. The molecule has 20 heavy (non-hydrogen) atoms. The Bertz CT molecular complexity index is 557. The standard InChI is InChI=1S/C14H17Cl2N3S/c1-2-17-7-3-4-13-18-19-14(20-13)9-10-5-6-11(15)12(16)8-10/h5-6,8,17H,2-4,7,9H2,1H3. The quantitative estimate of drug-likeness (QED) is 0.781. The molecule has 0 saturated carbocycles. The van der Waals surface area contributed by atoms with Crippen LogP contribution in [0.2, 0.25) is 10.0 Å². The molecule has 1 aromatic heterocycles. The number of benzene rings is 1. The van der Waals surface area contributed by atoms with Crippen LogP contribution in [-0.4, -0.2) is 23.3 Å². The van der Waals surface area contributed by atoms with Crippen LogP contribution in [-0.2, 0) is 12.8 Å². The van der Waals surface area contributed by atoms with Crippen LogP contribution in [0.25, 0.3) is 0 Å². The lowest BCUT2D eigenvalue weighted by Gasteiger charge is -2.00. The number of halogens is 2. The third-order valence-electron chi connectivity index (χ3n) is 2.84. The molecule has 108 valence electrons. The molecule has 0 amide bonds. The van der Waals surface area contributed by atoms with Crippen LogP contribution in [0.15, 0.2) is 18.2 Å². The molecule has 0 unspecified atom stereocenters. The zero-order chi connectivity index (χ0) is 14.4. The maximum atomic E-state index is 6.01. The van der Waals surface area contributed by atoms with E-state index in [4.69, 9.17) is 23.2 Å². The second kappa shape index (κ2) is 7.93. The largest absolute Gasteiger partial charge is 0.317 e. The average Bonchev–Trinajstić information content (AvgIpc) is 2.87. The van der Waals surface area contributed by atoms with Crippen LogP contribution in [0, 0.1) is 0 Å². The van der Waals surface area contributed by atoms with Gasteiger partial charge in [-0.15, -0.1) is 21.5 Å². The number of nitrogens with zero attached hydrogens (tertiary/aromatic N) is 2. The molecule has 0 aliphatic heterocycles. The summed E-state index contributed by atoms with van der Waals surface area (Å²) in [6, 6.07) is 5.67. The van der Waals surface area contributed by atoms with E-state index >= 15 is 0 Å². The molecule has 0 fully saturated rings. The number of aryl methyl sites for hydroxylation is 1. The molecule has 0 bridgehead atoms. The molecular formula is C14H17Cl2N3S. The zero-order valence-electron chi connectivity index (χ0n) is 11.3. The highest BCUT2D eigenvalue weighted by atomic mass is 35.5. The van der Waals surface area contributed by atoms with Crippen molar-refractivity contribution in [2.75, 3.05) is 13.1 Å². The first-order valence-electron chi connectivity index (χ1n) is 6.65. The lowest BCUT2D eigenvalue weighted by Crippen LogP contribution is -2.14. The van der Waals surface area contributed by atoms with Crippen LogP contribution >= 0.6 is 34.5 Å². The molecule has 2 aromatic rings. The van der Waals surface area contributed by atoms with E-state index in [1.807, 2.05) is 18.2 Å². The minimum atomic E-state index is 0.580. The Morgan fingerprint density at radius 1 is 1.15 bits per heavy atom. The van der Waals surface area contributed by atoms with E-state index in [2.05, 4.69) is 22.4 Å². The highest BCUT2D eigenvalue weighted by molar-refractivity contribution is 7.11. The molecule has 0 aliphatic rings. The summed E-state index contributed by atoms with van der Waals surface area (Å²) in [5.74, 6) is 0. The molecule has 0 atom stereocenters. The van der Waals surface area contributed by atoms with Crippen LogP contribution in [0.3, 0.4) is 0 Å². The van der Waals surface area contributed by atoms with E-state index in [1.54, 1.807) is 11.3 Å². The van der Waals surface area contributed by atoms with Gasteiger partial charge in [0.1, 0.15) is 10.0 Å². The van der Waals surface area contributed by atoms with Gasteiger partial charge >= 0.3 is 0 Å². The van der Waals surface area contributed by atoms with Crippen molar-refractivity contribution in [3.05, 3.63) is 43.8 Å². The van der Waals surface area contributed by atoms with E-state index in [0.717, 1.165) is 47.9 Å². The van der Waals surface area contributed by atoms with Gasteiger partial charge in [0.2, 0.25) is 0 Å². The SMILES string of the molecule is CCNCCCc1nnc(Cc2ccc(Cl)c(Cl)c2)s1. The monoisotopic (exact) mass is 329 g/mol. The predicted molar refractivity (Wildman–Crippen MR) is 86.0 cm³/mol. The summed E-state index contributed by atoms with van der Waals surface area (Å²) in [6.45, 7) is 4.15. The van der Waals surface area contributed by atoms with Crippen LogP contribution in [0.1, 0.15) is 28.9 Å². The summed E-state index contributed by atoms with van der Waals surface area (Å²) in [4.78, 5) is 0. The molecule has 0 aliphatic carbocycles. The third-order valence-corrected chi connectivity index (χ3v) is 4.56. The minimum absolute atomic E-state index is 0.580. The fraction of sp³-hybridized carbons (Fsp3) is 0.429. The van der Waals surface area contributed by atoms with Gasteiger partial charge in [-0.25, -0.2) is 0 Å². The summed E-state index contributed by atoms with van der Waals surface area (Å²) in [6.07, 6.45) is 2.82. The Morgan fingerprint density at radius 2 is 1.95 bits per heavy atom. The van der Waals surface area contributed by atoms with Gasteiger partial charge in [0.05, 0.1) is 10.0 Å². The Morgan fingerprint density at radius 3 is 2.70 bits per heavy atom. The second-order valence-corrected chi connectivity index (χ2v) is 6.43. The van der Waals surface area contributed by atoms with Crippen molar-refractivity contribution < 1.29 is 0 Å². The van der Waals surface area contributed by atoms with E-state index in [0.29, 0.717) is 10.0 Å². The molecule has 6 heteroatoms. The fourth-order valence-corrected chi connectivity index (χ4v) is 3.07. The van der Waals surface area contributed by atoms with Gasteiger partial charge in [-0.3, -0.25) is 0 Å². The van der Waals surface area contributed by atoms with E-state index in [-0.39, 0.29) is 0 Å². The lowest BCUT2D eigenvalue weighted by atomic mass is 10.2. The Balaban J connectivity index is 1.90. The third kappa shape index (κ3) is 4.70. The average molecular weight is 330 g/mol. The van der Waals surface area contributed by atoms with Crippen molar-refractivity contribution in [1.29, 1.82) is 0 Å². The van der Waals surface area contributed by atoms with Gasteiger partial charge in [0.25, 0.3) is 0 Å². The van der Waals surface area contributed by atoms with Gasteiger partial charge < -0.3 is 5.32 Å². The van der Waals surface area contributed by atoms with Gasteiger partial charge in [-0.2, -0.15) is 0 Å². The van der Waals surface area contributed by atoms with Crippen LogP contribution < -0.4 is 5.32 Å². The topological polar surface area (TPSA) is 37.8 Å². The summed E-state index contributed by atoms with van der Waals surface area (Å²) in [5.41, 5.74) is 1.11. The first-order valence-corrected chi connectivity index (χ1v) is 8.22. The molecule has 2 rings (SSSR count). The van der Waals surface area contributed by atoms with E-state index < -0.39 is 0 Å². The van der Waals surface area contributed by atoms with Gasteiger partial charge in [0, 0.05) is 12.8 Å². The fourth-order valence-electron chi connectivity index (χ4n) is 1.83. The van der Waals surface area contributed by atoms with E-state index in [1.165, 1.54) is 0 Å². The Hall–Kier alpha value is -0.680. The summed E-state index contributed by atoms with van der Waals surface area (Å²) < 4.78 is 0. The van der Waals surface area contributed by atoms with Gasteiger partial charge in [-0.1, -0.05) is 36.2 Å². The molecule has 0 saturated heterocycles. The molecule has 0 radical (unpaired) electrons. The van der Waals surface area contributed by atoms with Crippen molar-refractivity contribution in [3.8, 4) is 0 Å². The van der Waals surface area contributed by atoms with Crippen molar-refractivity contribution in [1.82, 2.24) is 15.5 Å². The van der Waals surface area contributed by atoms with Crippen molar-refractivity contribution in [3.63, 3.8) is 0 Å². The second-order valence-electron chi connectivity index (χ2n) is 4.47. The molecule has 1 heterocycles. The molecule has 1 aromatic carbocycles. The van der Waals surface area contributed by atoms with Crippen molar-refractivity contribution >= 4 is 34.5 Å². The number of nitrogens with one attached hydrogen (secondary N) is 1. The maximum absolute atomic E-state index is 6.01. The van der Waals surface area contributed by atoms with Crippen LogP contribution in [0.5, 0.6) is 0 Å². The van der Waals surface area contributed by atoms with Crippen LogP contribution in [0.4, 0.5) is 0 Å². The first kappa shape index (κ1) is 15.7. The predicted octanol–water partition coefficient (Wildman–Crippen LogP) is 3.98. The summed E-state index contributed by atoms with van der Waals surface area (Å²) >= 11 is 13.6. The first-order chi connectivity index (χ1) is 9.69. The van der Waals surface area contributed by atoms with Crippen molar-refractivity contribution in [2.24, 2.45) is 0 Å². The highest BCUT2D eigenvalue weighted by Crippen LogP contribution is 2.24. The van der Waals surface area contributed by atoms with Gasteiger partial charge in [-0.05, 0) is 37.2 Å². The molecule has 0 spiro atoms. The summed E-state index contributed by atoms with van der Waals surface area (Å²) in [7, 11) is 0. The maximum Gasteiger partial charge on any atom is 0.121 e. The smallest absolute Gasteiger partial charge is 0.121 e. The Labute approximate surface area is 133 Å². The highest BCUT2D eigenvalue weighted by Gasteiger charge is 2.06. The number of rotatable bonds is 7. The summed E-state index contributed by atoms with van der Waals surface area (Å²) in [5, 5.41) is 15.0. The van der Waals surface area contributed by atoms with Gasteiger partial charge in [0.15, 0.2) is 0 Å². The number of hydrogen-bond donors (Lipinski definition) is 1.